The Balaban J connectivity index is 2.58. The van der Waals surface area contributed by atoms with Crippen molar-refractivity contribution in [3.05, 3.63) is 22.6 Å². The number of thioether (sulfide) groups is 1. The van der Waals surface area contributed by atoms with Crippen LogP contribution in [0.15, 0.2) is 22.6 Å². The first kappa shape index (κ1) is 5.26. The van der Waals surface area contributed by atoms with E-state index in [4.69, 9.17) is 11.6 Å². The lowest BCUT2D eigenvalue weighted by Crippen LogP contribution is -1.74. The van der Waals surface area contributed by atoms with Gasteiger partial charge in [0.2, 0.25) is 0 Å². The molecule has 0 saturated carbocycles. The van der Waals surface area contributed by atoms with Crippen molar-refractivity contribution in [2.45, 2.75) is 0 Å². The first-order valence-electron chi connectivity index (χ1n) is 2.03. The highest BCUT2D eigenvalue weighted by molar-refractivity contribution is 8.02. The Kier molecular flexibility index (Phi) is 1.83. The molecule has 0 aliphatic carbocycles. The molecule has 0 nitrogen and oxygen atoms in total. The predicted molar refractivity (Wildman–Crippen MR) is 35.5 cm³/mol. The fourth-order valence-corrected chi connectivity index (χ4v) is 1.30. The Morgan fingerprint density at radius 2 is 2.57 bits per heavy atom. The van der Waals surface area contributed by atoms with Crippen LogP contribution >= 0.6 is 23.4 Å². The van der Waals surface area contributed by atoms with Gasteiger partial charge in [-0.2, -0.15) is 0 Å². The molecule has 0 fully saturated rings. The maximum Gasteiger partial charge on any atom is 0.0379 e. The molecule has 0 radical (unpaired) electrons. The van der Waals surface area contributed by atoms with Crippen LogP contribution in [0.4, 0.5) is 0 Å². The van der Waals surface area contributed by atoms with Crippen molar-refractivity contribution >= 4 is 23.4 Å². The second kappa shape index (κ2) is 2.43. The first-order valence-corrected chi connectivity index (χ1v) is 3.46. The maximum absolute atomic E-state index is 5.58. The van der Waals surface area contributed by atoms with Crippen molar-refractivity contribution in [1.82, 2.24) is 0 Å². The summed E-state index contributed by atoms with van der Waals surface area (Å²) in [7, 11) is 0. The van der Waals surface area contributed by atoms with Gasteiger partial charge in [0.15, 0.2) is 0 Å². The minimum Gasteiger partial charge on any atom is -0.130 e. The summed E-state index contributed by atoms with van der Waals surface area (Å²) in [5, 5.41) is 2.86. The summed E-state index contributed by atoms with van der Waals surface area (Å²) in [6, 6.07) is 0. The van der Waals surface area contributed by atoms with Crippen LogP contribution in [0.1, 0.15) is 0 Å². The molecule has 0 amide bonds. The summed E-state index contributed by atoms with van der Waals surface area (Å²) in [6.45, 7) is 0. The minimum absolute atomic E-state index is 0.860. The lowest BCUT2D eigenvalue weighted by atomic mass is 10.5. The average Bonchev–Trinajstić information content (AvgIpc) is 1.69. The predicted octanol–water partition coefficient (Wildman–Crippen LogP) is 2.37. The van der Waals surface area contributed by atoms with Gasteiger partial charge in [-0.15, -0.1) is 11.8 Å². The van der Waals surface area contributed by atoms with Crippen LogP contribution in [0.2, 0.25) is 0 Å². The minimum atomic E-state index is 0.860. The van der Waals surface area contributed by atoms with Gasteiger partial charge in [0.1, 0.15) is 0 Å². The van der Waals surface area contributed by atoms with Crippen LogP contribution in [0, 0.1) is 0 Å². The van der Waals surface area contributed by atoms with Crippen LogP contribution in [-0.2, 0) is 0 Å². The Hall–Kier alpha value is 0.120. The maximum atomic E-state index is 5.58. The van der Waals surface area contributed by atoms with E-state index in [2.05, 4.69) is 0 Å². The third-order valence-corrected chi connectivity index (χ3v) is 1.67. The fourth-order valence-electron chi connectivity index (χ4n) is 0.364. The molecule has 0 saturated heterocycles. The molecule has 0 aromatic carbocycles. The van der Waals surface area contributed by atoms with Gasteiger partial charge in [0.25, 0.3) is 0 Å². The lowest BCUT2D eigenvalue weighted by molar-refractivity contribution is 1.70. The van der Waals surface area contributed by atoms with Gasteiger partial charge in [-0.1, -0.05) is 17.7 Å². The summed E-state index contributed by atoms with van der Waals surface area (Å²) >= 11 is 7.33. The number of hydrogen-bond donors (Lipinski definition) is 0. The van der Waals surface area contributed by atoms with E-state index in [-0.39, 0.29) is 0 Å². The van der Waals surface area contributed by atoms with Crippen LogP contribution < -0.4 is 0 Å². The molecule has 1 rings (SSSR count). The van der Waals surface area contributed by atoms with Crippen LogP contribution in [0.25, 0.3) is 0 Å². The Morgan fingerprint density at radius 1 is 1.71 bits per heavy atom. The summed E-state index contributed by atoms with van der Waals surface area (Å²) < 4.78 is 0. The number of allylic oxidation sites excluding steroid dienone is 2. The zero-order valence-electron chi connectivity index (χ0n) is 3.73. The molecule has 0 unspecified atom stereocenters. The Labute approximate surface area is 52.2 Å². The third kappa shape index (κ3) is 1.58. The fraction of sp³-hybridized carbons (Fsp3) is 0.200. The summed E-state index contributed by atoms with van der Waals surface area (Å²) in [5.74, 6) is 1.02. The summed E-state index contributed by atoms with van der Waals surface area (Å²) in [6.07, 6.45) is 3.89. The Morgan fingerprint density at radius 3 is 2.86 bits per heavy atom. The molecule has 0 N–H and O–H groups in total. The molecule has 7 heavy (non-hydrogen) atoms. The number of rotatable bonds is 0. The largest absolute Gasteiger partial charge is 0.130 e. The zero-order valence-corrected chi connectivity index (χ0v) is 5.30. The molecule has 1 heterocycles. The van der Waals surface area contributed by atoms with Crippen molar-refractivity contribution in [3.63, 3.8) is 0 Å². The van der Waals surface area contributed by atoms with Crippen molar-refractivity contribution in [2.75, 3.05) is 5.75 Å². The third-order valence-electron chi connectivity index (χ3n) is 0.698. The normalized spacial score (nSPS) is 19.3. The molecule has 38 valence electrons. The number of halogens is 1. The molecule has 2 heteroatoms. The second-order valence-corrected chi connectivity index (χ2v) is 2.60. The van der Waals surface area contributed by atoms with Gasteiger partial charge >= 0.3 is 0 Å². The summed E-state index contributed by atoms with van der Waals surface area (Å²) in [4.78, 5) is 0. The topological polar surface area (TPSA) is 0 Å². The first-order chi connectivity index (χ1) is 3.39. The van der Waals surface area contributed by atoms with Gasteiger partial charge < -0.3 is 0 Å². The van der Waals surface area contributed by atoms with Crippen molar-refractivity contribution in [3.8, 4) is 0 Å². The van der Waals surface area contributed by atoms with Crippen molar-refractivity contribution in [2.24, 2.45) is 0 Å². The van der Waals surface area contributed by atoms with Gasteiger partial charge in [-0.05, 0) is 11.5 Å². The van der Waals surface area contributed by atoms with Crippen molar-refractivity contribution < 1.29 is 0 Å². The van der Waals surface area contributed by atoms with E-state index in [1.165, 1.54) is 0 Å². The van der Waals surface area contributed by atoms with E-state index in [9.17, 15) is 0 Å². The molecule has 0 spiro atoms. The number of hydrogen-bond acceptors (Lipinski definition) is 1. The Bertz CT molecular complexity index is 115. The van der Waals surface area contributed by atoms with E-state index >= 15 is 0 Å². The average molecular weight is 133 g/mol. The zero-order chi connectivity index (χ0) is 5.11. The molecule has 0 atom stereocenters. The van der Waals surface area contributed by atoms with E-state index in [0.29, 0.717) is 0 Å². The monoisotopic (exact) mass is 132 g/mol. The van der Waals surface area contributed by atoms with Crippen LogP contribution in [0.3, 0.4) is 0 Å². The molecule has 1 aliphatic heterocycles. The SMILES string of the molecule is ClC1=CCSC=C1. The molecule has 1 aliphatic rings. The molecular formula is C5H5ClS. The highest BCUT2D eigenvalue weighted by Crippen LogP contribution is 2.15. The van der Waals surface area contributed by atoms with Crippen LogP contribution in [-0.4, -0.2) is 5.75 Å². The smallest absolute Gasteiger partial charge is 0.0379 e. The highest BCUT2D eigenvalue weighted by Gasteiger charge is 1.88. The van der Waals surface area contributed by atoms with E-state index in [1.807, 2.05) is 17.6 Å². The molecule has 0 bridgehead atoms. The molecule has 0 aromatic heterocycles. The van der Waals surface area contributed by atoms with Gasteiger partial charge in [0, 0.05) is 10.8 Å². The quantitative estimate of drug-likeness (QED) is 0.488. The van der Waals surface area contributed by atoms with Gasteiger partial charge in [-0.25, -0.2) is 0 Å². The van der Waals surface area contributed by atoms with Crippen molar-refractivity contribution in [1.29, 1.82) is 0 Å². The van der Waals surface area contributed by atoms with E-state index < -0.39 is 0 Å². The summed E-state index contributed by atoms with van der Waals surface area (Å²) in [5.41, 5.74) is 0. The highest BCUT2D eigenvalue weighted by atomic mass is 35.5. The standard InChI is InChI=1S/C5H5ClS/c6-5-1-3-7-4-2-5/h1-3H,4H2. The molecule has 0 aromatic rings. The molecular weight excluding hydrogens is 128 g/mol. The van der Waals surface area contributed by atoms with E-state index in [0.717, 1.165) is 10.8 Å². The van der Waals surface area contributed by atoms with Gasteiger partial charge in [-0.3, -0.25) is 0 Å². The lowest BCUT2D eigenvalue weighted by Gasteiger charge is -1.94. The second-order valence-electron chi connectivity index (χ2n) is 1.23. The van der Waals surface area contributed by atoms with Crippen LogP contribution in [0.5, 0.6) is 0 Å². The van der Waals surface area contributed by atoms with E-state index in [1.54, 1.807) is 11.8 Å². The van der Waals surface area contributed by atoms with Gasteiger partial charge in [0.05, 0.1) is 0 Å².